The Balaban J connectivity index is 1.58. The second-order valence-corrected chi connectivity index (χ2v) is 10.0. The molecule has 0 aliphatic heterocycles. The molecule has 0 aromatic heterocycles. The SMILES string of the molecule is CCc1ccc(OCCNC(=O)c2ccc(CN(c3ccc(C(F)(F)F)cc3)S(C)(=O)=O)cc2)cc1. The van der Waals surface area contributed by atoms with Gasteiger partial charge in [0.05, 0.1) is 30.6 Å². The predicted octanol–water partition coefficient (Wildman–Crippen LogP) is 5.04. The molecule has 0 spiro atoms. The van der Waals surface area contributed by atoms with Crippen LogP contribution in [0.25, 0.3) is 0 Å². The van der Waals surface area contributed by atoms with Crippen LogP contribution in [0.5, 0.6) is 5.75 Å². The van der Waals surface area contributed by atoms with E-state index in [0.717, 1.165) is 41.2 Å². The Labute approximate surface area is 208 Å². The highest BCUT2D eigenvalue weighted by atomic mass is 32.2. The lowest BCUT2D eigenvalue weighted by Crippen LogP contribution is -2.29. The molecule has 0 heterocycles. The number of hydrogen-bond donors (Lipinski definition) is 1. The predicted molar refractivity (Wildman–Crippen MR) is 133 cm³/mol. The summed E-state index contributed by atoms with van der Waals surface area (Å²) in [4.78, 5) is 12.4. The first kappa shape index (κ1) is 27.1. The van der Waals surface area contributed by atoms with Crippen molar-refractivity contribution < 1.29 is 31.1 Å². The Morgan fingerprint density at radius 2 is 1.50 bits per heavy atom. The summed E-state index contributed by atoms with van der Waals surface area (Å²) >= 11 is 0. The summed E-state index contributed by atoms with van der Waals surface area (Å²) in [6, 6.07) is 18.0. The molecule has 1 amide bonds. The highest BCUT2D eigenvalue weighted by molar-refractivity contribution is 7.92. The number of benzene rings is 3. The van der Waals surface area contributed by atoms with E-state index in [-0.39, 0.29) is 18.1 Å². The molecule has 192 valence electrons. The fourth-order valence-corrected chi connectivity index (χ4v) is 4.29. The molecule has 36 heavy (non-hydrogen) atoms. The maximum atomic E-state index is 12.8. The van der Waals surface area contributed by atoms with E-state index in [1.165, 1.54) is 5.56 Å². The number of carbonyl (C=O) groups is 1. The Morgan fingerprint density at radius 3 is 2.03 bits per heavy atom. The zero-order valence-corrected chi connectivity index (χ0v) is 20.7. The minimum Gasteiger partial charge on any atom is -0.492 e. The van der Waals surface area contributed by atoms with E-state index in [1.54, 1.807) is 24.3 Å². The van der Waals surface area contributed by atoms with Gasteiger partial charge in [0.1, 0.15) is 12.4 Å². The Hall–Kier alpha value is -3.53. The molecule has 0 bridgehead atoms. The Morgan fingerprint density at radius 1 is 0.917 bits per heavy atom. The van der Waals surface area contributed by atoms with E-state index in [9.17, 15) is 26.4 Å². The van der Waals surface area contributed by atoms with Gasteiger partial charge in [-0.3, -0.25) is 9.10 Å². The third kappa shape index (κ3) is 7.48. The van der Waals surface area contributed by atoms with Crippen LogP contribution in [0.1, 0.15) is 34.0 Å². The van der Waals surface area contributed by atoms with Crippen molar-refractivity contribution in [3.63, 3.8) is 0 Å². The second kappa shape index (κ2) is 11.5. The summed E-state index contributed by atoms with van der Waals surface area (Å²) in [6.45, 7) is 2.56. The molecule has 0 aliphatic carbocycles. The molecule has 0 unspecified atom stereocenters. The van der Waals surface area contributed by atoms with Gasteiger partial charge in [-0.15, -0.1) is 0 Å². The van der Waals surface area contributed by atoms with Crippen LogP contribution in [0.4, 0.5) is 18.9 Å². The maximum Gasteiger partial charge on any atom is 0.416 e. The first-order chi connectivity index (χ1) is 17.0. The van der Waals surface area contributed by atoms with Gasteiger partial charge >= 0.3 is 6.18 Å². The van der Waals surface area contributed by atoms with E-state index < -0.39 is 21.8 Å². The summed E-state index contributed by atoms with van der Waals surface area (Å²) < 4.78 is 69.7. The summed E-state index contributed by atoms with van der Waals surface area (Å²) in [7, 11) is -3.77. The molecule has 3 aromatic rings. The van der Waals surface area contributed by atoms with Gasteiger partial charge in [0.2, 0.25) is 10.0 Å². The van der Waals surface area contributed by atoms with Gasteiger partial charge in [-0.05, 0) is 66.1 Å². The lowest BCUT2D eigenvalue weighted by Gasteiger charge is -2.23. The Bertz CT molecular complexity index is 1260. The quantitative estimate of drug-likeness (QED) is 0.380. The van der Waals surface area contributed by atoms with Crippen LogP contribution in [-0.2, 0) is 29.2 Å². The largest absolute Gasteiger partial charge is 0.492 e. The van der Waals surface area contributed by atoms with E-state index in [2.05, 4.69) is 12.2 Å². The number of sulfonamides is 1. The van der Waals surface area contributed by atoms with E-state index in [4.69, 9.17) is 4.74 Å². The Kier molecular flexibility index (Phi) is 8.62. The highest BCUT2D eigenvalue weighted by Gasteiger charge is 2.30. The average Bonchev–Trinajstić information content (AvgIpc) is 2.84. The molecule has 0 fully saturated rings. The number of nitrogens with zero attached hydrogens (tertiary/aromatic N) is 1. The number of alkyl halides is 3. The van der Waals surface area contributed by atoms with Crippen LogP contribution in [0.3, 0.4) is 0 Å². The average molecular weight is 521 g/mol. The summed E-state index contributed by atoms with van der Waals surface area (Å²) in [5, 5.41) is 2.76. The molecule has 0 atom stereocenters. The standard InChI is InChI=1S/C26H27F3N2O4S/c1-3-19-6-14-24(15-7-19)35-17-16-30-25(32)21-8-4-20(5-9-21)18-31(36(2,33)34)23-12-10-22(11-13-23)26(27,28)29/h4-15H,3,16-18H2,1-2H3,(H,30,32). The van der Waals surface area contributed by atoms with Crippen molar-refractivity contribution in [3.05, 3.63) is 95.1 Å². The van der Waals surface area contributed by atoms with E-state index >= 15 is 0 Å². The number of ether oxygens (including phenoxy) is 1. The van der Waals surface area contributed by atoms with Crippen LogP contribution in [0.2, 0.25) is 0 Å². The molecule has 0 saturated carbocycles. The fourth-order valence-electron chi connectivity index (χ4n) is 3.40. The van der Waals surface area contributed by atoms with Crippen LogP contribution >= 0.6 is 0 Å². The minimum absolute atomic E-state index is 0.100. The number of carbonyl (C=O) groups excluding carboxylic acids is 1. The molecule has 0 radical (unpaired) electrons. The van der Waals surface area contributed by atoms with Gasteiger partial charge in [0, 0.05) is 5.56 Å². The normalized spacial score (nSPS) is 11.7. The maximum absolute atomic E-state index is 12.8. The molecule has 10 heteroatoms. The van der Waals surface area contributed by atoms with Gasteiger partial charge in [-0.25, -0.2) is 8.42 Å². The molecular weight excluding hydrogens is 493 g/mol. The van der Waals surface area contributed by atoms with Crippen LogP contribution in [0, 0.1) is 0 Å². The number of halogens is 3. The molecular formula is C26H27F3N2O4S. The highest BCUT2D eigenvalue weighted by Crippen LogP contribution is 2.31. The first-order valence-corrected chi connectivity index (χ1v) is 13.1. The van der Waals surface area contributed by atoms with Crippen molar-refractivity contribution in [1.82, 2.24) is 5.32 Å². The monoisotopic (exact) mass is 520 g/mol. The van der Waals surface area contributed by atoms with Gasteiger partial charge in [-0.2, -0.15) is 13.2 Å². The van der Waals surface area contributed by atoms with Gasteiger partial charge in [0.15, 0.2) is 0 Å². The fraction of sp³-hybridized carbons (Fsp3) is 0.269. The second-order valence-electron chi connectivity index (χ2n) is 8.11. The molecule has 3 rings (SSSR count). The number of anilines is 1. The van der Waals surface area contributed by atoms with Crippen molar-refractivity contribution in [2.75, 3.05) is 23.7 Å². The van der Waals surface area contributed by atoms with Crippen LogP contribution in [-0.4, -0.2) is 33.7 Å². The van der Waals surface area contributed by atoms with Gasteiger partial charge in [0.25, 0.3) is 5.91 Å². The number of rotatable bonds is 10. The van der Waals surface area contributed by atoms with Crippen molar-refractivity contribution in [1.29, 1.82) is 0 Å². The van der Waals surface area contributed by atoms with Crippen molar-refractivity contribution in [2.24, 2.45) is 0 Å². The third-order valence-corrected chi connectivity index (χ3v) is 6.55. The molecule has 1 N–H and O–H groups in total. The number of nitrogens with one attached hydrogen (secondary N) is 1. The van der Waals surface area contributed by atoms with Crippen LogP contribution < -0.4 is 14.4 Å². The van der Waals surface area contributed by atoms with Crippen molar-refractivity contribution in [3.8, 4) is 5.75 Å². The summed E-state index contributed by atoms with van der Waals surface area (Å²) in [6.07, 6.45) is -2.60. The lowest BCUT2D eigenvalue weighted by molar-refractivity contribution is -0.137. The van der Waals surface area contributed by atoms with E-state index in [0.29, 0.717) is 30.0 Å². The topological polar surface area (TPSA) is 75.7 Å². The summed E-state index contributed by atoms with van der Waals surface area (Å²) in [5.74, 6) is 0.406. The van der Waals surface area contributed by atoms with E-state index in [1.807, 2.05) is 24.3 Å². The number of aryl methyl sites for hydroxylation is 1. The zero-order valence-electron chi connectivity index (χ0n) is 19.9. The van der Waals surface area contributed by atoms with Gasteiger partial charge in [-0.1, -0.05) is 31.2 Å². The van der Waals surface area contributed by atoms with Crippen molar-refractivity contribution in [2.45, 2.75) is 26.1 Å². The van der Waals surface area contributed by atoms with Gasteiger partial charge < -0.3 is 10.1 Å². The summed E-state index contributed by atoms with van der Waals surface area (Å²) in [5.41, 5.74) is 1.40. The van der Waals surface area contributed by atoms with Crippen LogP contribution in [0.15, 0.2) is 72.8 Å². The molecule has 6 nitrogen and oxygen atoms in total. The molecule has 0 aliphatic rings. The molecule has 3 aromatic carbocycles. The lowest BCUT2D eigenvalue weighted by atomic mass is 10.1. The first-order valence-electron chi connectivity index (χ1n) is 11.2. The third-order valence-electron chi connectivity index (χ3n) is 5.41. The van der Waals surface area contributed by atoms with Crippen molar-refractivity contribution >= 4 is 21.6 Å². The molecule has 0 saturated heterocycles. The number of amides is 1. The minimum atomic E-state index is -4.52. The smallest absolute Gasteiger partial charge is 0.416 e. The number of hydrogen-bond acceptors (Lipinski definition) is 4. The zero-order chi connectivity index (χ0) is 26.3.